The highest BCUT2D eigenvalue weighted by Crippen LogP contribution is 2.30. The third kappa shape index (κ3) is 2.44. The van der Waals surface area contributed by atoms with Crippen LogP contribution in [0.4, 0.5) is 10.1 Å². The number of rotatable bonds is 3. The van der Waals surface area contributed by atoms with Crippen LogP contribution in [-0.4, -0.2) is 15.1 Å². The lowest BCUT2D eigenvalue weighted by molar-refractivity contribution is -0.385. The second kappa shape index (κ2) is 5.36. The minimum Gasteiger partial charge on any atom is -0.334 e. The van der Waals surface area contributed by atoms with Crippen LogP contribution in [0.15, 0.2) is 47.0 Å². The van der Waals surface area contributed by atoms with Crippen LogP contribution in [-0.2, 0) is 0 Å². The summed E-state index contributed by atoms with van der Waals surface area (Å²) in [7, 11) is 0. The molecule has 0 bridgehead atoms. The molecule has 0 saturated heterocycles. The predicted octanol–water partition coefficient (Wildman–Crippen LogP) is 3.76. The molecule has 0 radical (unpaired) electrons. The van der Waals surface area contributed by atoms with Crippen LogP contribution in [0.5, 0.6) is 0 Å². The first-order valence-corrected chi connectivity index (χ1v) is 6.40. The Labute approximate surface area is 124 Å². The quantitative estimate of drug-likeness (QED) is 0.543. The van der Waals surface area contributed by atoms with Gasteiger partial charge in [-0.1, -0.05) is 11.2 Å². The summed E-state index contributed by atoms with van der Waals surface area (Å²) in [6.07, 6.45) is 0. The van der Waals surface area contributed by atoms with E-state index < -0.39 is 4.92 Å². The van der Waals surface area contributed by atoms with Crippen LogP contribution in [0.3, 0.4) is 0 Å². The minimum absolute atomic E-state index is 0.0148. The third-order valence-electron chi connectivity index (χ3n) is 3.26. The molecule has 3 rings (SSSR count). The lowest BCUT2D eigenvalue weighted by Gasteiger charge is -2.00. The van der Waals surface area contributed by atoms with Crippen molar-refractivity contribution < 1.29 is 13.8 Å². The van der Waals surface area contributed by atoms with Gasteiger partial charge in [0.1, 0.15) is 5.82 Å². The molecule has 0 atom stereocenters. The molecule has 22 heavy (non-hydrogen) atoms. The number of nitro groups is 1. The Kier molecular flexibility index (Phi) is 3.38. The predicted molar refractivity (Wildman–Crippen MR) is 76.5 cm³/mol. The number of hydrogen-bond acceptors (Lipinski definition) is 5. The number of hydrogen-bond donors (Lipinski definition) is 0. The van der Waals surface area contributed by atoms with Gasteiger partial charge >= 0.3 is 0 Å². The molecule has 0 spiro atoms. The molecule has 7 heteroatoms. The highest BCUT2D eigenvalue weighted by Gasteiger charge is 2.18. The topological polar surface area (TPSA) is 82.1 Å². The summed E-state index contributed by atoms with van der Waals surface area (Å²) in [6.45, 7) is 1.62. The van der Waals surface area contributed by atoms with Gasteiger partial charge in [-0.3, -0.25) is 10.1 Å². The van der Waals surface area contributed by atoms with E-state index in [1.165, 1.54) is 30.3 Å². The molecule has 0 N–H and O–H groups in total. The molecule has 1 aromatic heterocycles. The number of aromatic nitrogens is 2. The first-order chi connectivity index (χ1) is 10.6. The first-order valence-electron chi connectivity index (χ1n) is 6.40. The van der Waals surface area contributed by atoms with E-state index in [2.05, 4.69) is 10.1 Å². The second-order valence-electron chi connectivity index (χ2n) is 4.64. The normalized spacial score (nSPS) is 10.6. The number of benzene rings is 2. The third-order valence-corrected chi connectivity index (χ3v) is 3.26. The fourth-order valence-electron chi connectivity index (χ4n) is 2.10. The van der Waals surface area contributed by atoms with Gasteiger partial charge in [0.25, 0.3) is 11.6 Å². The van der Waals surface area contributed by atoms with E-state index in [1.54, 1.807) is 19.1 Å². The molecule has 6 nitrogen and oxygen atoms in total. The second-order valence-corrected chi connectivity index (χ2v) is 4.64. The molecule has 0 aliphatic heterocycles. The van der Waals surface area contributed by atoms with Gasteiger partial charge in [0.2, 0.25) is 5.82 Å². The Morgan fingerprint density at radius 3 is 2.59 bits per heavy atom. The molecular formula is C15H10FN3O3. The summed E-state index contributed by atoms with van der Waals surface area (Å²) in [6, 6.07) is 10.3. The van der Waals surface area contributed by atoms with Crippen molar-refractivity contribution in [2.45, 2.75) is 6.92 Å². The van der Waals surface area contributed by atoms with Crippen molar-refractivity contribution in [3.63, 3.8) is 0 Å². The van der Waals surface area contributed by atoms with Crippen molar-refractivity contribution in [1.29, 1.82) is 0 Å². The van der Waals surface area contributed by atoms with Crippen LogP contribution in [0.25, 0.3) is 22.8 Å². The molecule has 0 aliphatic rings. The maximum Gasteiger partial charge on any atom is 0.273 e. The smallest absolute Gasteiger partial charge is 0.273 e. The Bertz CT molecular complexity index is 843. The lowest BCUT2D eigenvalue weighted by Crippen LogP contribution is -1.93. The molecule has 2 aromatic carbocycles. The average molecular weight is 299 g/mol. The van der Waals surface area contributed by atoms with Crippen molar-refractivity contribution in [2.24, 2.45) is 0 Å². The molecule has 3 aromatic rings. The van der Waals surface area contributed by atoms with Gasteiger partial charge in [-0.15, -0.1) is 0 Å². The Morgan fingerprint density at radius 2 is 1.91 bits per heavy atom. The highest BCUT2D eigenvalue weighted by molar-refractivity contribution is 5.66. The van der Waals surface area contributed by atoms with Crippen LogP contribution < -0.4 is 0 Å². The molecule has 0 amide bonds. The summed E-state index contributed by atoms with van der Waals surface area (Å²) in [4.78, 5) is 14.7. The summed E-state index contributed by atoms with van der Waals surface area (Å²) in [5.41, 5.74) is 1.52. The van der Waals surface area contributed by atoms with Crippen molar-refractivity contribution in [1.82, 2.24) is 10.1 Å². The number of halogens is 1. The fourth-order valence-corrected chi connectivity index (χ4v) is 2.10. The van der Waals surface area contributed by atoms with Gasteiger partial charge in [-0.25, -0.2) is 4.39 Å². The summed E-state index contributed by atoms with van der Waals surface area (Å²) in [5.74, 6) is 0.114. The van der Waals surface area contributed by atoms with Gasteiger partial charge in [-0.2, -0.15) is 4.98 Å². The Balaban J connectivity index is 2.03. The van der Waals surface area contributed by atoms with Gasteiger partial charge < -0.3 is 4.52 Å². The van der Waals surface area contributed by atoms with E-state index in [0.29, 0.717) is 22.5 Å². The molecule has 0 aliphatic carbocycles. The molecular weight excluding hydrogens is 289 g/mol. The van der Waals surface area contributed by atoms with Crippen molar-refractivity contribution in [3.05, 3.63) is 64.0 Å². The Hall–Kier alpha value is -3.09. The zero-order valence-corrected chi connectivity index (χ0v) is 11.5. The van der Waals surface area contributed by atoms with Crippen molar-refractivity contribution in [2.75, 3.05) is 0 Å². The number of nitro benzene ring substituents is 1. The van der Waals surface area contributed by atoms with Crippen LogP contribution in [0.1, 0.15) is 5.56 Å². The lowest BCUT2D eigenvalue weighted by atomic mass is 10.1. The van der Waals surface area contributed by atoms with Crippen molar-refractivity contribution in [3.8, 4) is 22.8 Å². The van der Waals surface area contributed by atoms with Gasteiger partial charge in [-0.05, 0) is 37.3 Å². The monoisotopic (exact) mass is 299 g/mol. The fraction of sp³-hybridized carbons (Fsp3) is 0.0667. The molecule has 0 unspecified atom stereocenters. The standard InChI is InChI=1S/C15H10FN3O3/c1-9-12(3-2-4-13(9)19(20)21)15-17-14(18-22-15)10-5-7-11(16)8-6-10/h2-8H,1H3. The van der Waals surface area contributed by atoms with Crippen LogP contribution >= 0.6 is 0 Å². The Morgan fingerprint density at radius 1 is 1.18 bits per heavy atom. The van der Waals surface area contributed by atoms with Crippen LogP contribution in [0, 0.1) is 22.9 Å². The van der Waals surface area contributed by atoms with E-state index in [0.717, 1.165) is 0 Å². The van der Waals surface area contributed by atoms with E-state index in [-0.39, 0.29) is 17.4 Å². The zero-order valence-electron chi connectivity index (χ0n) is 11.5. The van der Waals surface area contributed by atoms with Crippen LogP contribution in [0.2, 0.25) is 0 Å². The largest absolute Gasteiger partial charge is 0.334 e. The zero-order chi connectivity index (χ0) is 15.7. The molecule has 110 valence electrons. The SMILES string of the molecule is Cc1c(-c2nc(-c3ccc(F)cc3)no2)cccc1[N+](=O)[O-]. The average Bonchev–Trinajstić information content (AvgIpc) is 2.97. The summed E-state index contributed by atoms with van der Waals surface area (Å²) >= 11 is 0. The minimum atomic E-state index is -0.462. The van der Waals surface area contributed by atoms with Gasteiger partial charge in [0.05, 0.1) is 4.92 Å². The van der Waals surface area contributed by atoms with E-state index in [9.17, 15) is 14.5 Å². The van der Waals surface area contributed by atoms with Gasteiger partial charge in [0, 0.05) is 22.8 Å². The van der Waals surface area contributed by atoms with E-state index in [1.807, 2.05) is 0 Å². The maximum atomic E-state index is 12.9. The molecule has 1 heterocycles. The maximum absolute atomic E-state index is 12.9. The summed E-state index contributed by atoms with van der Waals surface area (Å²) in [5, 5.41) is 14.8. The van der Waals surface area contributed by atoms with E-state index >= 15 is 0 Å². The van der Waals surface area contributed by atoms with E-state index in [4.69, 9.17) is 4.52 Å². The van der Waals surface area contributed by atoms with Crippen molar-refractivity contribution >= 4 is 5.69 Å². The van der Waals surface area contributed by atoms with Gasteiger partial charge in [0.15, 0.2) is 0 Å². The number of nitrogens with zero attached hydrogens (tertiary/aromatic N) is 3. The first kappa shape index (κ1) is 13.9. The highest BCUT2D eigenvalue weighted by atomic mass is 19.1. The summed E-state index contributed by atoms with van der Waals surface area (Å²) < 4.78 is 18.1. The molecule has 0 fully saturated rings. The molecule has 0 saturated carbocycles.